The summed E-state index contributed by atoms with van der Waals surface area (Å²) in [6, 6.07) is 0. The van der Waals surface area contributed by atoms with E-state index in [1.165, 1.54) is 0 Å². The predicted molar refractivity (Wildman–Crippen MR) is 30.4 cm³/mol. The monoisotopic (exact) mass is 248 g/mol. The van der Waals surface area contributed by atoms with E-state index in [9.17, 15) is 26.3 Å². The molecule has 1 saturated heterocycles. The van der Waals surface area contributed by atoms with Crippen LogP contribution in [-0.4, -0.2) is 22.5 Å². The van der Waals surface area contributed by atoms with Crippen molar-refractivity contribution in [3.63, 3.8) is 0 Å². The summed E-state index contributed by atoms with van der Waals surface area (Å²) in [7, 11) is 0. The third-order valence-electron chi connectivity index (χ3n) is 1.36. The van der Waals surface area contributed by atoms with E-state index in [1.54, 1.807) is 0 Å². The molecular weight excluding hydrogens is 249 g/mol. The third-order valence-corrected chi connectivity index (χ3v) is 2.20. The van der Waals surface area contributed by atoms with E-state index < -0.39 is 22.5 Å². The highest BCUT2D eigenvalue weighted by Gasteiger charge is 2.92. The van der Waals surface area contributed by atoms with Gasteiger partial charge in [-0.15, -0.1) is 0 Å². The Kier molecular flexibility index (Phi) is 2.05. The molecule has 0 aromatic heterocycles. The number of hydrogen-bond acceptors (Lipinski definition) is 1. The average Bonchev–Trinajstić information content (AvgIpc) is 2.31. The fraction of sp³-hybridized carbons (Fsp3) is 1.00. The molecule has 9 heteroatoms. The quantitative estimate of drug-likeness (QED) is 0.416. The molecule has 0 saturated carbocycles. The van der Waals surface area contributed by atoms with Gasteiger partial charge in [0, 0.05) is 0 Å². The minimum absolute atomic E-state index is 2.81. The van der Waals surface area contributed by atoms with Crippen molar-refractivity contribution in [3.8, 4) is 0 Å². The molecular formula is C4Cl2F6O. The van der Waals surface area contributed by atoms with Gasteiger partial charge in [0.1, 0.15) is 0 Å². The zero-order valence-corrected chi connectivity index (χ0v) is 6.94. The molecule has 1 aliphatic rings. The van der Waals surface area contributed by atoms with Gasteiger partial charge in [0.15, 0.2) is 0 Å². The lowest BCUT2D eigenvalue weighted by molar-refractivity contribution is -0.112. The molecule has 1 aliphatic heterocycles. The Morgan fingerprint density at radius 3 is 1.38 bits per heavy atom. The first kappa shape index (κ1) is 11.2. The maximum atomic E-state index is 12.6. The second-order valence-corrected chi connectivity index (χ2v) is 3.28. The molecule has 2 atom stereocenters. The highest BCUT2D eigenvalue weighted by atomic mass is 35.5. The lowest BCUT2D eigenvalue weighted by Gasteiger charge is -2.22. The second kappa shape index (κ2) is 2.38. The molecule has 2 unspecified atom stereocenters. The Morgan fingerprint density at radius 1 is 1.00 bits per heavy atom. The normalized spacial score (nSPS) is 36.9. The Bertz CT molecular complexity index is 237. The highest BCUT2D eigenvalue weighted by molar-refractivity contribution is 6.33. The number of epoxide rings is 1. The number of halogens is 8. The molecule has 13 heavy (non-hydrogen) atoms. The van der Waals surface area contributed by atoms with Crippen LogP contribution in [0, 0.1) is 0 Å². The van der Waals surface area contributed by atoms with Crippen molar-refractivity contribution in [2.45, 2.75) is 22.5 Å². The van der Waals surface area contributed by atoms with Gasteiger partial charge in [0.25, 0.3) is 0 Å². The van der Waals surface area contributed by atoms with Crippen LogP contribution in [0.4, 0.5) is 26.3 Å². The number of alkyl halides is 8. The Morgan fingerprint density at radius 2 is 1.31 bits per heavy atom. The van der Waals surface area contributed by atoms with E-state index in [2.05, 4.69) is 27.9 Å². The summed E-state index contributed by atoms with van der Waals surface area (Å²) < 4.78 is 75.6. The first-order chi connectivity index (χ1) is 5.46. The standard InChI is InChI=1S/C4Cl2F6O/c5-1(7,3(6,9)10)2(8)4(11,12)13-2. The van der Waals surface area contributed by atoms with Gasteiger partial charge in [-0.25, -0.2) is 4.39 Å². The molecule has 1 rings (SSSR count). The van der Waals surface area contributed by atoms with Gasteiger partial charge < -0.3 is 0 Å². The van der Waals surface area contributed by atoms with E-state index in [0.29, 0.717) is 0 Å². The molecule has 0 aliphatic carbocycles. The van der Waals surface area contributed by atoms with E-state index in [0.717, 1.165) is 0 Å². The summed E-state index contributed by atoms with van der Waals surface area (Å²) in [6.07, 6.45) is -4.69. The van der Waals surface area contributed by atoms with E-state index in [1.807, 2.05) is 0 Å². The average molecular weight is 249 g/mol. The number of ether oxygens (including phenoxy) is 1. The van der Waals surface area contributed by atoms with Gasteiger partial charge >= 0.3 is 22.5 Å². The molecule has 1 fully saturated rings. The van der Waals surface area contributed by atoms with Gasteiger partial charge in [0.2, 0.25) is 0 Å². The van der Waals surface area contributed by atoms with Crippen LogP contribution in [0.3, 0.4) is 0 Å². The summed E-state index contributed by atoms with van der Waals surface area (Å²) >= 11 is 8.19. The van der Waals surface area contributed by atoms with Crippen LogP contribution in [0.5, 0.6) is 0 Å². The van der Waals surface area contributed by atoms with Crippen LogP contribution in [0.15, 0.2) is 0 Å². The fourth-order valence-corrected chi connectivity index (χ4v) is 0.850. The van der Waals surface area contributed by atoms with E-state index in [-0.39, 0.29) is 0 Å². The van der Waals surface area contributed by atoms with Crippen molar-refractivity contribution in [2.75, 3.05) is 0 Å². The molecule has 0 aromatic carbocycles. The largest absolute Gasteiger partial charge is 0.422 e. The first-order valence-corrected chi connectivity index (χ1v) is 3.43. The molecule has 0 bridgehead atoms. The van der Waals surface area contributed by atoms with Crippen molar-refractivity contribution in [1.29, 1.82) is 0 Å². The summed E-state index contributed by atoms with van der Waals surface area (Å²) in [6.45, 7) is 0. The third kappa shape index (κ3) is 1.28. The van der Waals surface area contributed by atoms with E-state index in [4.69, 9.17) is 0 Å². The molecule has 0 radical (unpaired) electrons. The van der Waals surface area contributed by atoms with Gasteiger partial charge in [-0.05, 0) is 11.6 Å². The van der Waals surface area contributed by atoms with Crippen LogP contribution < -0.4 is 0 Å². The second-order valence-electron chi connectivity index (χ2n) is 2.29. The highest BCUT2D eigenvalue weighted by Crippen LogP contribution is 2.65. The molecule has 0 amide bonds. The summed E-state index contributed by atoms with van der Waals surface area (Å²) in [4.78, 5) is 0. The Hall–Kier alpha value is 0.120. The van der Waals surface area contributed by atoms with Gasteiger partial charge in [-0.2, -0.15) is 22.0 Å². The smallest absolute Gasteiger partial charge is 0.266 e. The van der Waals surface area contributed by atoms with Crippen molar-refractivity contribution >= 4 is 23.2 Å². The van der Waals surface area contributed by atoms with Crippen LogP contribution in [-0.2, 0) is 4.74 Å². The zero-order valence-electron chi connectivity index (χ0n) is 5.43. The first-order valence-electron chi connectivity index (χ1n) is 2.67. The fourth-order valence-electron chi connectivity index (χ4n) is 0.580. The lowest BCUT2D eigenvalue weighted by Crippen LogP contribution is -2.48. The van der Waals surface area contributed by atoms with E-state index >= 15 is 0 Å². The predicted octanol–water partition coefficient (Wildman–Crippen LogP) is 3.01. The van der Waals surface area contributed by atoms with Gasteiger partial charge in [-0.1, -0.05) is 11.6 Å². The SMILES string of the molecule is FC(F)(Cl)C(F)(Cl)C1(F)OC1(F)F. The van der Waals surface area contributed by atoms with Crippen LogP contribution in [0.25, 0.3) is 0 Å². The van der Waals surface area contributed by atoms with Crippen molar-refractivity contribution in [1.82, 2.24) is 0 Å². The van der Waals surface area contributed by atoms with Crippen LogP contribution in [0.1, 0.15) is 0 Å². The van der Waals surface area contributed by atoms with Crippen molar-refractivity contribution < 1.29 is 31.1 Å². The Labute approximate surface area is 77.5 Å². The van der Waals surface area contributed by atoms with Crippen molar-refractivity contribution in [3.05, 3.63) is 0 Å². The topological polar surface area (TPSA) is 12.5 Å². The number of rotatable bonds is 2. The molecule has 0 spiro atoms. The minimum atomic E-state index is -5.01. The van der Waals surface area contributed by atoms with Gasteiger partial charge in [0.05, 0.1) is 0 Å². The minimum Gasteiger partial charge on any atom is -0.266 e. The number of hydrogen-bond donors (Lipinski definition) is 0. The summed E-state index contributed by atoms with van der Waals surface area (Å²) in [5.74, 6) is -4.59. The van der Waals surface area contributed by atoms with Crippen LogP contribution in [0.2, 0.25) is 0 Å². The maximum absolute atomic E-state index is 12.6. The molecule has 0 N–H and O–H groups in total. The molecule has 78 valence electrons. The zero-order chi connectivity index (χ0) is 10.7. The summed E-state index contributed by atoms with van der Waals surface area (Å²) in [5, 5.41) is -9.83. The van der Waals surface area contributed by atoms with Gasteiger partial charge in [-0.3, -0.25) is 4.74 Å². The lowest BCUT2D eigenvalue weighted by atomic mass is 10.2. The van der Waals surface area contributed by atoms with Crippen LogP contribution >= 0.6 is 23.2 Å². The maximum Gasteiger partial charge on any atom is 0.422 e. The molecule has 1 nitrogen and oxygen atoms in total. The van der Waals surface area contributed by atoms with Crippen molar-refractivity contribution in [2.24, 2.45) is 0 Å². The molecule has 1 heterocycles. The Balaban J connectivity index is 2.97. The summed E-state index contributed by atoms with van der Waals surface area (Å²) in [5.41, 5.74) is 0. The molecule has 0 aromatic rings.